The van der Waals surface area contributed by atoms with Crippen molar-refractivity contribution >= 4 is 34.3 Å². The molecule has 0 bridgehead atoms. The van der Waals surface area contributed by atoms with Crippen molar-refractivity contribution in [1.29, 1.82) is 0 Å². The van der Waals surface area contributed by atoms with E-state index in [1.54, 1.807) is 33.9 Å². The number of halogens is 1. The Balaban J connectivity index is 1.86. The van der Waals surface area contributed by atoms with Crippen molar-refractivity contribution in [2.24, 2.45) is 0 Å². The van der Waals surface area contributed by atoms with Gasteiger partial charge in [-0.2, -0.15) is 0 Å². The molecule has 3 atom stereocenters. The number of aliphatic hydroxyl groups is 1. The number of likely N-dealkylation sites (N-methyl/N-ethyl adjacent to an activating group) is 1. The summed E-state index contributed by atoms with van der Waals surface area (Å²) in [5.74, 6) is -0.835. The molecule has 2 N–H and O–H groups in total. The van der Waals surface area contributed by atoms with Gasteiger partial charge >= 0.3 is 0 Å². The van der Waals surface area contributed by atoms with Crippen molar-refractivity contribution < 1.29 is 33.4 Å². The first-order valence-corrected chi connectivity index (χ1v) is 13.9. The molecule has 41 heavy (non-hydrogen) atoms. The Labute approximate surface area is 243 Å². The molecule has 9 nitrogen and oxygen atoms in total. The molecule has 0 aromatic heterocycles. The fraction of sp³-hybridized carbons (Fsp3) is 0.483. The third-order valence-electron chi connectivity index (χ3n) is 7.56. The van der Waals surface area contributed by atoms with Crippen LogP contribution in [0, 0.1) is 12.7 Å². The maximum absolute atomic E-state index is 15.2. The van der Waals surface area contributed by atoms with E-state index in [-0.39, 0.29) is 37.5 Å². The second kappa shape index (κ2) is 13.6. The van der Waals surface area contributed by atoms with Crippen LogP contribution in [-0.2, 0) is 37.6 Å². The van der Waals surface area contributed by atoms with Crippen LogP contribution in [0.25, 0.3) is 0 Å². The van der Waals surface area contributed by atoms with Gasteiger partial charge < -0.3 is 29.6 Å². The Hall–Kier alpha value is -3.21. The standard InChI is InChI=1S/C29H40B2FN3O6/c1-19-7-5-8-25(26(19)29(30,31)35(18-37)28(39,11-6-12-36)27(38)33-4)40-17-23-10-9-22(13-24(23)32)16-34-14-20(2)41-21(3)15-34/h5,7-10,12-13,18,20-21,39H,6,11,14-17,30-31H2,1-4H3,(H,33,38). The lowest BCUT2D eigenvalue weighted by molar-refractivity contribution is -0.174. The lowest BCUT2D eigenvalue weighted by Crippen LogP contribution is -2.65. The number of nitrogens with zero attached hydrogens (tertiary/aromatic N) is 2. The van der Waals surface area contributed by atoms with Crippen molar-refractivity contribution in [2.45, 2.75) is 70.0 Å². The highest BCUT2D eigenvalue weighted by molar-refractivity contribution is 6.40. The summed E-state index contributed by atoms with van der Waals surface area (Å²) in [5, 5.41) is 12.5. The maximum atomic E-state index is 15.2. The predicted octanol–water partition coefficient (Wildman–Crippen LogP) is 0.571. The minimum Gasteiger partial charge on any atom is -0.488 e. The molecule has 0 radical (unpaired) electrons. The Morgan fingerprint density at radius 2 is 1.93 bits per heavy atom. The van der Waals surface area contributed by atoms with Crippen LogP contribution in [0.3, 0.4) is 0 Å². The van der Waals surface area contributed by atoms with E-state index >= 15 is 4.39 Å². The maximum Gasteiger partial charge on any atom is 0.273 e. The fourth-order valence-corrected chi connectivity index (χ4v) is 5.78. The lowest BCUT2D eigenvalue weighted by atomic mass is 9.55. The average Bonchev–Trinajstić information content (AvgIpc) is 2.90. The quantitative estimate of drug-likeness (QED) is 0.207. The summed E-state index contributed by atoms with van der Waals surface area (Å²) in [5.41, 5.74) is 0.198. The van der Waals surface area contributed by atoms with Gasteiger partial charge in [0.2, 0.25) is 12.1 Å². The van der Waals surface area contributed by atoms with Crippen LogP contribution in [0.1, 0.15) is 48.9 Å². The minimum absolute atomic E-state index is 0.0732. The summed E-state index contributed by atoms with van der Waals surface area (Å²) in [6, 6.07) is 10.4. The third kappa shape index (κ3) is 7.36. The zero-order chi connectivity index (χ0) is 30.4. The van der Waals surface area contributed by atoms with Crippen LogP contribution < -0.4 is 10.1 Å². The van der Waals surface area contributed by atoms with Gasteiger partial charge in [-0.25, -0.2) is 4.39 Å². The number of morpholine rings is 1. The Kier molecular flexibility index (Phi) is 10.7. The highest BCUT2D eigenvalue weighted by Crippen LogP contribution is 2.37. The van der Waals surface area contributed by atoms with Gasteiger partial charge in [-0.3, -0.25) is 14.5 Å². The van der Waals surface area contributed by atoms with Crippen LogP contribution in [0.4, 0.5) is 4.39 Å². The first kappa shape index (κ1) is 32.3. The molecule has 1 heterocycles. The van der Waals surface area contributed by atoms with Gasteiger partial charge in [-0.05, 0) is 44.0 Å². The van der Waals surface area contributed by atoms with Crippen molar-refractivity contribution in [3.05, 3.63) is 64.5 Å². The van der Waals surface area contributed by atoms with Crippen LogP contribution in [0.5, 0.6) is 5.75 Å². The predicted molar refractivity (Wildman–Crippen MR) is 158 cm³/mol. The zero-order valence-electron chi connectivity index (χ0n) is 24.8. The van der Waals surface area contributed by atoms with Crippen molar-refractivity contribution in [2.75, 3.05) is 20.1 Å². The second-order valence-electron chi connectivity index (χ2n) is 11.2. The summed E-state index contributed by atoms with van der Waals surface area (Å²) >= 11 is 0. The monoisotopic (exact) mass is 567 g/mol. The van der Waals surface area contributed by atoms with Crippen LogP contribution in [-0.4, -0.2) is 87.3 Å². The van der Waals surface area contributed by atoms with E-state index < -0.39 is 17.0 Å². The van der Waals surface area contributed by atoms with Gasteiger partial charge in [0.1, 0.15) is 40.2 Å². The molecule has 1 aliphatic rings. The molecule has 2 amide bonds. The van der Waals surface area contributed by atoms with Crippen molar-refractivity contribution in [3.63, 3.8) is 0 Å². The summed E-state index contributed by atoms with van der Waals surface area (Å²) in [7, 11) is 4.69. The highest BCUT2D eigenvalue weighted by Gasteiger charge is 2.48. The molecule has 220 valence electrons. The van der Waals surface area contributed by atoms with Crippen molar-refractivity contribution in [1.82, 2.24) is 15.1 Å². The van der Waals surface area contributed by atoms with Gasteiger partial charge in [0.25, 0.3) is 5.91 Å². The van der Waals surface area contributed by atoms with Gasteiger partial charge in [-0.15, -0.1) is 0 Å². The number of aryl methyl sites for hydroxylation is 1. The molecule has 0 spiro atoms. The molecule has 2 aromatic rings. The Morgan fingerprint density at radius 1 is 1.24 bits per heavy atom. The van der Waals surface area contributed by atoms with Crippen LogP contribution in [0.15, 0.2) is 36.4 Å². The number of amides is 2. The normalized spacial score (nSPS) is 19.2. The van der Waals surface area contributed by atoms with E-state index in [0.717, 1.165) is 29.1 Å². The zero-order valence-corrected chi connectivity index (χ0v) is 24.8. The lowest BCUT2D eigenvalue weighted by Gasteiger charge is -2.47. The van der Waals surface area contributed by atoms with Crippen molar-refractivity contribution in [3.8, 4) is 5.75 Å². The van der Waals surface area contributed by atoms with Gasteiger partial charge in [-0.1, -0.05) is 24.3 Å². The van der Waals surface area contributed by atoms with Gasteiger partial charge in [0.15, 0.2) is 0 Å². The van der Waals surface area contributed by atoms with Gasteiger partial charge in [0.05, 0.1) is 12.2 Å². The number of hydrogen-bond donors (Lipinski definition) is 2. The number of carbonyl (C=O) groups is 3. The Morgan fingerprint density at radius 3 is 2.51 bits per heavy atom. The molecule has 2 aromatic carbocycles. The van der Waals surface area contributed by atoms with E-state index in [9.17, 15) is 19.5 Å². The third-order valence-corrected chi connectivity index (χ3v) is 7.56. The van der Waals surface area contributed by atoms with E-state index in [1.165, 1.54) is 13.1 Å². The molecule has 0 saturated carbocycles. The minimum atomic E-state index is -2.29. The van der Waals surface area contributed by atoms with E-state index in [1.807, 2.05) is 32.9 Å². The second-order valence-corrected chi connectivity index (χ2v) is 11.2. The fourth-order valence-electron chi connectivity index (χ4n) is 5.78. The molecular weight excluding hydrogens is 527 g/mol. The van der Waals surface area contributed by atoms with Crippen LogP contribution in [0.2, 0.25) is 0 Å². The summed E-state index contributed by atoms with van der Waals surface area (Å²) < 4.78 is 27.1. The van der Waals surface area contributed by atoms with E-state index in [0.29, 0.717) is 36.1 Å². The van der Waals surface area contributed by atoms with Crippen LogP contribution >= 0.6 is 0 Å². The number of rotatable bonds is 13. The first-order chi connectivity index (χ1) is 19.4. The number of benzene rings is 2. The molecule has 0 aliphatic carbocycles. The highest BCUT2D eigenvalue weighted by atomic mass is 19.1. The largest absolute Gasteiger partial charge is 0.488 e. The molecule has 1 saturated heterocycles. The number of hydrogen-bond acceptors (Lipinski definition) is 7. The number of ether oxygens (including phenoxy) is 2. The molecule has 3 rings (SSSR count). The summed E-state index contributed by atoms with van der Waals surface area (Å²) in [6.45, 7) is 7.99. The summed E-state index contributed by atoms with van der Waals surface area (Å²) in [6.07, 6.45) is 0.784. The van der Waals surface area contributed by atoms with E-state index in [4.69, 9.17) is 9.47 Å². The smallest absolute Gasteiger partial charge is 0.273 e. The Bertz CT molecular complexity index is 1240. The molecule has 1 aliphatic heterocycles. The number of aldehydes is 1. The number of nitrogens with one attached hydrogen (secondary N) is 1. The van der Waals surface area contributed by atoms with Gasteiger partial charge in [0, 0.05) is 56.0 Å². The summed E-state index contributed by atoms with van der Waals surface area (Å²) in [4.78, 5) is 39.5. The SMILES string of the molecule is BC(B)(c1c(C)cccc1OCc1ccc(CN2CC(C)OC(C)C2)cc1F)N(C=O)C(O)(CCC=O)C(=O)NC. The molecule has 1 fully saturated rings. The molecule has 12 heteroatoms. The topological polar surface area (TPSA) is 108 Å². The molecular formula is C29H40B2FN3O6. The molecule has 3 unspecified atom stereocenters. The van der Waals surface area contributed by atoms with E-state index in [2.05, 4.69) is 10.2 Å². The number of carbonyl (C=O) groups excluding carboxylic acids is 3. The first-order valence-electron chi connectivity index (χ1n) is 13.9. The average molecular weight is 567 g/mol.